The first-order chi connectivity index (χ1) is 9.36. The molecule has 0 amide bonds. The van der Waals surface area contributed by atoms with Crippen LogP contribution in [-0.4, -0.2) is 40.0 Å². The summed E-state index contributed by atoms with van der Waals surface area (Å²) in [7, 11) is -2.15. The van der Waals surface area contributed by atoms with Gasteiger partial charge in [-0.1, -0.05) is 12.1 Å². The Morgan fingerprint density at radius 1 is 1.25 bits per heavy atom. The summed E-state index contributed by atoms with van der Waals surface area (Å²) in [6, 6.07) is 6.48. The Kier molecular flexibility index (Phi) is 5.97. The van der Waals surface area contributed by atoms with Crippen LogP contribution in [0, 0.1) is 0 Å². The molecular weight excluding hydrogens is 282 g/mol. The Morgan fingerprint density at radius 2 is 1.85 bits per heavy atom. The van der Waals surface area contributed by atoms with E-state index in [-0.39, 0.29) is 19.0 Å². The second-order valence-electron chi connectivity index (χ2n) is 4.35. The quantitative estimate of drug-likeness (QED) is 0.454. The predicted octanol–water partition coefficient (Wildman–Crippen LogP) is 0.762. The second kappa shape index (κ2) is 7.25. The van der Waals surface area contributed by atoms with E-state index in [0.29, 0.717) is 11.3 Å². The summed E-state index contributed by atoms with van der Waals surface area (Å²) in [6.07, 6.45) is 0. The molecule has 0 saturated carbocycles. The van der Waals surface area contributed by atoms with E-state index < -0.39 is 21.1 Å². The number of hydrogen-bond donors (Lipinski definition) is 1. The van der Waals surface area contributed by atoms with Gasteiger partial charge in [0.25, 0.3) is 0 Å². The van der Waals surface area contributed by atoms with Crippen molar-refractivity contribution >= 4 is 21.5 Å². The lowest BCUT2D eigenvalue weighted by Crippen LogP contribution is -2.31. The molecule has 0 heterocycles. The van der Waals surface area contributed by atoms with Gasteiger partial charge in [-0.05, 0) is 24.6 Å². The molecule has 1 aromatic carbocycles. The number of esters is 1. The zero-order chi connectivity index (χ0) is 15.2. The molecule has 0 aliphatic rings. The summed E-state index contributed by atoms with van der Waals surface area (Å²) < 4.78 is 33.7. The molecule has 0 aliphatic carbocycles. The van der Waals surface area contributed by atoms with Crippen LogP contribution in [0.2, 0.25) is 0 Å². The standard InChI is InChI=1S/C13H19NO5S/c1-10(13(15)19-8-7-18-2)20(16,17)9-11-3-5-12(14)6-4-11/h3-6,10H,7-9,14H2,1-2H3. The number of carbonyl (C=O) groups excluding carboxylic acids is 1. The van der Waals surface area contributed by atoms with Crippen molar-refractivity contribution in [3.63, 3.8) is 0 Å². The fourth-order valence-corrected chi connectivity index (χ4v) is 2.73. The van der Waals surface area contributed by atoms with Gasteiger partial charge in [0.15, 0.2) is 15.1 Å². The molecular formula is C13H19NO5S. The van der Waals surface area contributed by atoms with E-state index in [1.807, 2.05) is 0 Å². The SMILES string of the molecule is COCCOC(=O)C(C)S(=O)(=O)Cc1ccc(N)cc1. The third-order valence-electron chi connectivity index (χ3n) is 2.75. The van der Waals surface area contributed by atoms with Crippen molar-refractivity contribution in [1.29, 1.82) is 0 Å². The molecule has 0 radical (unpaired) electrons. The van der Waals surface area contributed by atoms with E-state index in [0.717, 1.165) is 0 Å². The Balaban J connectivity index is 2.67. The van der Waals surface area contributed by atoms with E-state index in [2.05, 4.69) is 0 Å². The third kappa shape index (κ3) is 4.82. The predicted molar refractivity (Wildman–Crippen MR) is 75.8 cm³/mol. The summed E-state index contributed by atoms with van der Waals surface area (Å²) in [4.78, 5) is 11.6. The largest absolute Gasteiger partial charge is 0.462 e. The summed E-state index contributed by atoms with van der Waals surface area (Å²) in [5.41, 5.74) is 6.66. The van der Waals surface area contributed by atoms with Crippen LogP contribution in [0.25, 0.3) is 0 Å². The average Bonchev–Trinajstić information content (AvgIpc) is 2.40. The minimum absolute atomic E-state index is 0.0388. The van der Waals surface area contributed by atoms with Crippen LogP contribution in [0.4, 0.5) is 5.69 Å². The number of methoxy groups -OCH3 is 1. The zero-order valence-corrected chi connectivity index (χ0v) is 12.4. The maximum atomic E-state index is 12.1. The molecule has 2 N–H and O–H groups in total. The number of sulfone groups is 1. The fourth-order valence-electron chi connectivity index (χ4n) is 1.46. The molecule has 0 bridgehead atoms. The highest BCUT2D eigenvalue weighted by molar-refractivity contribution is 7.92. The first kappa shape index (κ1) is 16.5. The van der Waals surface area contributed by atoms with Gasteiger partial charge in [-0.2, -0.15) is 0 Å². The normalized spacial score (nSPS) is 12.9. The van der Waals surface area contributed by atoms with Crippen LogP contribution in [-0.2, 0) is 29.9 Å². The molecule has 6 nitrogen and oxygen atoms in total. The minimum Gasteiger partial charge on any atom is -0.462 e. The van der Waals surface area contributed by atoms with Crippen LogP contribution in [0.15, 0.2) is 24.3 Å². The summed E-state index contributed by atoms with van der Waals surface area (Å²) in [5.74, 6) is -0.995. The molecule has 0 fully saturated rings. The van der Waals surface area contributed by atoms with E-state index in [9.17, 15) is 13.2 Å². The second-order valence-corrected chi connectivity index (χ2v) is 6.67. The van der Waals surface area contributed by atoms with E-state index >= 15 is 0 Å². The number of rotatable bonds is 7. The lowest BCUT2D eigenvalue weighted by molar-refractivity contribution is -0.144. The topological polar surface area (TPSA) is 95.7 Å². The molecule has 1 rings (SSSR count). The number of nitrogens with two attached hydrogens (primary N) is 1. The summed E-state index contributed by atoms with van der Waals surface area (Å²) in [5, 5.41) is -1.21. The highest BCUT2D eigenvalue weighted by Crippen LogP contribution is 2.14. The third-order valence-corrected chi connectivity index (χ3v) is 4.76. The van der Waals surface area contributed by atoms with E-state index in [4.69, 9.17) is 15.2 Å². The fraction of sp³-hybridized carbons (Fsp3) is 0.462. The molecule has 112 valence electrons. The van der Waals surface area contributed by atoms with Gasteiger partial charge in [-0.15, -0.1) is 0 Å². The van der Waals surface area contributed by atoms with Crippen LogP contribution >= 0.6 is 0 Å². The zero-order valence-electron chi connectivity index (χ0n) is 11.5. The Bertz CT molecular complexity index is 538. The minimum atomic E-state index is -3.62. The van der Waals surface area contributed by atoms with E-state index in [1.165, 1.54) is 14.0 Å². The van der Waals surface area contributed by atoms with Crippen molar-refractivity contribution in [2.45, 2.75) is 17.9 Å². The molecule has 0 saturated heterocycles. The Hall–Kier alpha value is -1.60. The monoisotopic (exact) mass is 301 g/mol. The van der Waals surface area contributed by atoms with Crippen molar-refractivity contribution < 1.29 is 22.7 Å². The van der Waals surface area contributed by atoms with Gasteiger partial charge in [0.05, 0.1) is 12.4 Å². The number of ether oxygens (including phenoxy) is 2. The number of anilines is 1. The van der Waals surface area contributed by atoms with Gasteiger partial charge in [-0.25, -0.2) is 8.42 Å². The van der Waals surface area contributed by atoms with Gasteiger partial charge in [0.2, 0.25) is 0 Å². The molecule has 1 aromatic rings. The van der Waals surface area contributed by atoms with Crippen molar-refractivity contribution in [2.75, 3.05) is 26.1 Å². The molecule has 7 heteroatoms. The average molecular weight is 301 g/mol. The van der Waals surface area contributed by atoms with Crippen LogP contribution in [0.3, 0.4) is 0 Å². The van der Waals surface area contributed by atoms with Gasteiger partial charge in [0, 0.05) is 12.8 Å². The number of nitrogen functional groups attached to an aromatic ring is 1. The van der Waals surface area contributed by atoms with Crippen LogP contribution in [0.1, 0.15) is 12.5 Å². The Labute approximate surface area is 118 Å². The highest BCUT2D eigenvalue weighted by Gasteiger charge is 2.29. The molecule has 1 atom stereocenters. The summed E-state index contributed by atoms with van der Waals surface area (Å²) >= 11 is 0. The number of benzene rings is 1. The highest BCUT2D eigenvalue weighted by atomic mass is 32.2. The van der Waals surface area contributed by atoms with E-state index in [1.54, 1.807) is 24.3 Å². The number of hydrogen-bond acceptors (Lipinski definition) is 6. The molecule has 0 aromatic heterocycles. The lowest BCUT2D eigenvalue weighted by atomic mass is 10.2. The van der Waals surface area contributed by atoms with Gasteiger partial charge in [0.1, 0.15) is 6.61 Å². The van der Waals surface area contributed by atoms with Crippen LogP contribution < -0.4 is 5.73 Å². The van der Waals surface area contributed by atoms with Gasteiger partial charge in [-0.3, -0.25) is 4.79 Å². The van der Waals surface area contributed by atoms with Gasteiger partial charge < -0.3 is 15.2 Å². The van der Waals surface area contributed by atoms with Crippen molar-refractivity contribution in [1.82, 2.24) is 0 Å². The molecule has 0 spiro atoms. The first-order valence-corrected chi connectivity index (χ1v) is 7.80. The van der Waals surface area contributed by atoms with Crippen molar-refractivity contribution in [3.8, 4) is 0 Å². The smallest absolute Gasteiger partial charge is 0.324 e. The van der Waals surface area contributed by atoms with Gasteiger partial charge >= 0.3 is 5.97 Å². The van der Waals surface area contributed by atoms with Crippen molar-refractivity contribution in [3.05, 3.63) is 29.8 Å². The molecule has 1 unspecified atom stereocenters. The maximum Gasteiger partial charge on any atom is 0.324 e. The summed E-state index contributed by atoms with van der Waals surface area (Å²) in [6.45, 7) is 1.59. The molecule has 20 heavy (non-hydrogen) atoms. The lowest BCUT2D eigenvalue weighted by Gasteiger charge is -2.12. The maximum absolute atomic E-state index is 12.1. The first-order valence-electron chi connectivity index (χ1n) is 6.08. The van der Waals surface area contributed by atoms with Crippen molar-refractivity contribution in [2.24, 2.45) is 0 Å². The van der Waals surface area contributed by atoms with Crippen LogP contribution in [0.5, 0.6) is 0 Å². The Morgan fingerprint density at radius 3 is 2.40 bits per heavy atom. The number of carbonyl (C=O) groups is 1. The molecule has 0 aliphatic heterocycles.